The molecule has 0 bridgehead atoms. The number of aliphatic hydroxyl groups excluding tert-OH is 1. The highest BCUT2D eigenvalue weighted by Crippen LogP contribution is 2.10. The Hall–Kier alpha value is -3.02. The number of unbranched alkanes of at least 4 members (excludes halogenated alkanes) is 1. The van der Waals surface area contributed by atoms with Gasteiger partial charge >= 0.3 is 5.97 Å². The van der Waals surface area contributed by atoms with Gasteiger partial charge in [-0.2, -0.15) is 0 Å². The predicted molar refractivity (Wildman–Crippen MR) is 131 cm³/mol. The summed E-state index contributed by atoms with van der Waals surface area (Å²) in [4.78, 5) is 49.9. The number of aliphatic hydroxyl groups is 1. The summed E-state index contributed by atoms with van der Waals surface area (Å²) in [6, 6.07) is 4.39. The highest BCUT2D eigenvalue weighted by atomic mass is 16.4. The van der Waals surface area contributed by atoms with Crippen LogP contribution in [-0.4, -0.2) is 71.2 Å². The molecule has 5 unspecified atom stereocenters. The third-order valence-electron chi connectivity index (χ3n) is 5.81. The Bertz CT molecular complexity index is 822. The number of benzene rings is 1. The molecular formula is C24H39N5O6. The number of carbonyl (C=O) groups excluding carboxylic acids is 3. The van der Waals surface area contributed by atoms with Crippen LogP contribution in [-0.2, 0) is 25.6 Å². The van der Waals surface area contributed by atoms with Gasteiger partial charge in [0.2, 0.25) is 17.7 Å². The maximum Gasteiger partial charge on any atom is 0.326 e. The molecule has 0 aliphatic rings. The standard InChI is InChI=1S/C24H39N5O6/c1-3-15(2)20(23(33)27-18(24(34)35)13-16-9-5-4-6-10-16)29-22(32)19(14-30)28-21(31)17(26)11-7-8-12-25/h4-6,9-10,15,17-20,30H,3,7-8,11-14,25-26H2,1-2H3,(H,27,33)(H,28,31)(H,29,32)(H,34,35). The number of nitrogens with one attached hydrogen (secondary N) is 3. The Morgan fingerprint density at radius 3 is 2.11 bits per heavy atom. The Kier molecular flexibility index (Phi) is 13.5. The second-order valence-electron chi connectivity index (χ2n) is 8.60. The van der Waals surface area contributed by atoms with Crippen molar-refractivity contribution in [2.75, 3.05) is 13.2 Å². The van der Waals surface area contributed by atoms with Gasteiger partial charge in [0.25, 0.3) is 0 Å². The summed E-state index contributed by atoms with van der Waals surface area (Å²) in [5.74, 6) is -3.60. The van der Waals surface area contributed by atoms with Crippen LogP contribution < -0.4 is 27.4 Å². The van der Waals surface area contributed by atoms with E-state index >= 15 is 0 Å². The first-order valence-corrected chi connectivity index (χ1v) is 11.9. The van der Waals surface area contributed by atoms with Gasteiger partial charge < -0.3 is 37.6 Å². The minimum atomic E-state index is -1.32. The van der Waals surface area contributed by atoms with Crippen molar-refractivity contribution in [2.45, 2.75) is 70.1 Å². The van der Waals surface area contributed by atoms with E-state index in [0.29, 0.717) is 32.2 Å². The van der Waals surface area contributed by atoms with Crippen molar-refractivity contribution in [3.63, 3.8) is 0 Å². The molecule has 5 atom stereocenters. The second-order valence-corrected chi connectivity index (χ2v) is 8.60. The van der Waals surface area contributed by atoms with E-state index < -0.39 is 54.5 Å². The molecule has 11 nitrogen and oxygen atoms in total. The molecule has 0 fully saturated rings. The molecule has 0 aromatic heterocycles. The third kappa shape index (κ3) is 10.4. The van der Waals surface area contributed by atoms with E-state index in [9.17, 15) is 29.4 Å². The smallest absolute Gasteiger partial charge is 0.326 e. The number of rotatable bonds is 16. The molecule has 1 aromatic rings. The van der Waals surface area contributed by atoms with Crippen LogP contribution in [0.25, 0.3) is 0 Å². The number of carboxylic acid groups (broad SMARTS) is 1. The normalized spacial score (nSPS) is 15.2. The third-order valence-corrected chi connectivity index (χ3v) is 5.81. The van der Waals surface area contributed by atoms with Crippen molar-refractivity contribution in [1.29, 1.82) is 0 Å². The summed E-state index contributed by atoms with van der Waals surface area (Å²) in [7, 11) is 0. The maximum atomic E-state index is 13.0. The average molecular weight is 494 g/mol. The van der Waals surface area contributed by atoms with Crippen LogP contribution in [0.15, 0.2) is 30.3 Å². The summed E-state index contributed by atoms with van der Waals surface area (Å²) in [6.45, 7) is 3.33. The van der Waals surface area contributed by atoms with Crippen molar-refractivity contribution in [3.05, 3.63) is 35.9 Å². The van der Waals surface area contributed by atoms with E-state index in [4.69, 9.17) is 11.5 Å². The predicted octanol–water partition coefficient (Wildman–Crippen LogP) is -0.737. The SMILES string of the molecule is CCC(C)C(NC(=O)C(CO)NC(=O)C(N)CCCCN)C(=O)NC(Cc1ccccc1)C(=O)O. The molecule has 0 heterocycles. The molecule has 0 radical (unpaired) electrons. The van der Waals surface area contributed by atoms with Crippen molar-refractivity contribution in [3.8, 4) is 0 Å². The monoisotopic (exact) mass is 493 g/mol. The lowest BCUT2D eigenvalue weighted by atomic mass is 9.97. The number of carboxylic acids is 1. The van der Waals surface area contributed by atoms with Crippen molar-refractivity contribution in [2.24, 2.45) is 17.4 Å². The van der Waals surface area contributed by atoms with E-state index in [-0.39, 0.29) is 12.3 Å². The number of nitrogens with two attached hydrogens (primary N) is 2. The zero-order valence-corrected chi connectivity index (χ0v) is 20.4. The molecule has 0 aliphatic heterocycles. The van der Waals surface area contributed by atoms with Crippen LogP contribution in [0.5, 0.6) is 0 Å². The Labute approximate surface area is 206 Å². The first kappa shape index (κ1) is 30.0. The van der Waals surface area contributed by atoms with E-state index in [1.807, 2.05) is 6.92 Å². The molecule has 1 aromatic carbocycles. The molecule has 0 aliphatic carbocycles. The second kappa shape index (κ2) is 15.8. The lowest BCUT2D eigenvalue weighted by Gasteiger charge is -2.27. The summed E-state index contributed by atoms with van der Waals surface area (Å²) in [6.07, 6.45) is 2.30. The summed E-state index contributed by atoms with van der Waals surface area (Å²) < 4.78 is 0. The highest BCUT2D eigenvalue weighted by molar-refractivity contribution is 5.94. The fraction of sp³-hybridized carbons (Fsp3) is 0.583. The van der Waals surface area contributed by atoms with E-state index in [1.54, 1.807) is 37.3 Å². The van der Waals surface area contributed by atoms with E-state index in [1.165, 1.54) is 0 Å². The van der Waals surface area contributed by atoms with Gasteiger partial charge in [0, 0.05) is 6.42 Å². The quantitative estimate of drug-likeness (QED) is 0.146. The number of hydrogen-bond acceptors (Lipinski definition) is 7. The van der Waals surface area contributed by atoms with Crippen LogP contribution in [0.1, 0.15) is 45.1 Å². The van der Waals surface area contributed by atoms with Crippen LogP contribution in [0.2, 0.25) is 0 Å². The largest absolute Gasteiger partial charge is 0.480 e. The lowest BCUT2D eigenvalue weighted by Crippen LogP contribution is -2.59. The Morgan fingerprint density at radius 2 is 1.57 bits per heavy atom. The first-order valence-electron chi connectivity index (χ1n) is 11.9. The van der Waals surface area contributed by atoms with Crippen LogP contribution in [0, 0.1) is 5.92 Å². The number of aliphatic carboxylic acids is 1. The maximum absolute atomic E-state index is 13.0. The van der Waals surface area contributed by atoms with Crippen LogP contribution in [0.4, 0.5) is 0 Å². The summed E-state index contributed by atoms with van der Waals surface area (Å²) in [5.41, 5.74) is 12.0. The van der Waals surface area contributed by atoms with Gasteiger partial charge in [0.05, 0.1) is 12.6 Å². The zero-order chi connectivity index (χ0) is 26.4. The minimum Gasteiger partial charge on any atom is -0.480 e. The van der Waals surface area contributed by atoms with Gasteiger partial charge in [-0.05, 0) is 30.9 Å². The van der Waals surface area contributed by atoms with Crippen molar-refractivity contribution >= 4 is 23.7 Å². The molecule has 9 N–H and O–H groups in total. The van der Waals surface area contributed by atoms with Crippen LogP contribution in [0.3, 0.4) is 0 Å². The van der Waals surface area contributed by atoms with Gasteiger partial charge in [-0.1, -0.05) is 57.0 Å². The Morgan fingerprint density at radius 1 is 0.943 bits per heavy atom. The summed E-state index contributed by atoms with van der Waals surface area (Å²) in [5, 5.41) is 26.7. The average Bonchev–Trinajstić information content (AvgIpc) is 2.85. The molecule has 1 rings (SSSR count). The van der Waals surface area contributed by atoms with Gasteiger partial charge in [-0.25, -0.2) is 4.79 Å². The summed E-state index contributed by atoms with van der Waals surface area (Å²) >= 11 is 0. The van der Waals surface area contributed by atoms with Gasteiger partial charge in [-0.3, -0.25) is 14.4 Å². The molecule has 3 amide bonds. The van der Waals surface area contributed by atoms with Gasteiger partial charge in [0.1, 0.15) is 18.1 Å². The number of carbonyl (C=O) groups is 4. The fourth-order valence-corrected chi connectivity index (χ4v) is 3.38. The van der Waals surface area contributed by atoms with Gasteiger partial charge in [0.15, 0.2) is 0 Å². The molecule has 35 heavy (non-hydrogen) atoms. The highest BCUT2D eigenvalue weighted by Gasteiger charge is 2.32. The van der Waals surface area contributed by atoms with E-state index in [2.05, 4.69) is 16.0 Å². The van der Waals surface area contributed by atoms with Crippen LogP contribution >= 0.6 is 0 Å². The van der Waals surface area contributed by atoms with E-state index in [0.717, 1.165) is 5.56 Å². The minimum absolute atomic E-state index is 0.0699. The number of hydrogen-bond donors (Lipinski definition) is 7. The molecule has 196 valence electrons. The Balaban J connectivity index is 2.86. The molecule has 0 saturated carbocycles. The topological polar surface area (TPSA) is 197 Å². The lowest BCUT2D eigenvalue weighted by molar-refractivity contribution is -0.142. The van der Waals surface area contributed by atoms with Gasteiger partial charge in [-0.15, -0.1) is 0 Å². The molecule has 0 spiro atoms. The van der Waals surface area contributed by atoms with Crippen molar-refractivity contribution in [1.82, 2.24) is 16.0 Å². The zero-order valence-electron chi connectivity index (χ0n) is 20.4. The number of amides is 3. The first-order chi connectivity index (χ1) is 16.6. The molecular weight excluding hydrogens is 454 g/mol. The molecule has 11 heteroatoms. The van der Waals surface area contributed by atoms with Crippen molar-refractivity contribution < 1.29 is 29.4 Å². The fourth-order valence-electron chi connectivity index (χ4n) is 3.38. The molecule has 0 saturated heterocycles.